The molecule has 2 aliphatic rings. The number of aromatic amines is 1. The van der Waals surface area contributed by atoms with Crippen LogP contribution in [-0.2, 0) is 12.0 Å². The van der Waals surface area contributed by atoms with Crippen molar-refractivity contribution in [3.63, 3.8) is 0 Å². The van der Waals surface area contributed by atoms with Crippen molar-refractivity contribution in [2.24, 2.45) is 0 Å². The number of rotatable bonds is 3. The van der Waals surface area contributed by atoms with Crippen molar-refractivity contribution in [2.45, 2.75) is 44.6 Å². The third-order valence-corrected chi connectivity index (χ3v) is 7.89. The molecule has 0 saturated carbocycles. The number of nitrogens with zero attached hydrogens (tertiary/aromatic N) is 4. The molecule has 0 spiro atoms. The highest BCUT2D eigenvalue weighted by Crippen LogP contribution is 2.34. The summed E-state index contributed by atoms with van der Waals surface area (Å²) < 4.78 is 0. The summed E-state index contributed by atoms with van der Waals surface area (Å²) in [6.45, 7) is 7.14. The average Bonchev–Trinajstić information content (AvgIpc) is 2.92. The van der Waals surface area contributed by atoms with E-state index in [4.69, 9.17) is 0 Å². The Kier molecular flexibility index (Phi) is 5.78. The fourth-order valence-corrected chi connectivity index (χ4v) is 5.97. The van der Waals surface area contributed by atoms with Crippen molar-refractivity contribution in [2.75, 3.05) is 24.5 Å². The standard InChI is InChI=1S/C30H31N5O2/c1-30(2)18-35(17-22-8-3-5-9-24(22)30)29(37)26-16-27(32-19-31-26)34-13-11-20(12-14-34)23-15-21-7-4-6-10-25(21)33-28(23)36/h3-10,15-16,19-20H,11-14,17-18H2,1-2H3,(H,33,36). The second kappa shape index (κ2) is 9.14. The predicted octanol–water partition coefficient (Wildman–Crippen LogP) is 4.64. The Labute approximate surface area is 216 Å². The minimum atomic E-state index is -0.122. The van der Waals surface area contributed by atoms with Crippen LogP contribution in [0.2, 0.25) is 0 Å². The molecule has 1 N–H and O–H groups in total. The van der Waals surface area contributed by atoms with Gasteiger partial charge in [0.25, 0.3) is 11.5 Å². The van der Waals surface area contributed by atoms with Crippen LogP contribution in [0.5, 0.6) is 0 Å². The van der Waals surface area contributed by atoms with Gasteiger partial charge in [0, 0.05) is 48.7 Å². The number of para-hydroxylation sites is 1. The first-order valence-electron chi connectivity index (χ1n) is 13.0. The topological polar surface area (TPSA) is 82.2 Å². The lowest BCUT2D eigenvalue weighted by Crippen LogP contribution is -2.45. The molecule has 4 heterocycles. The zero-order chi connectivity index (χ0) is 25.6. The van der Waals surface area contributed by atoms with Crippen molar-refractivity contribution in [1.29, 1.82) is 0 Å². The Morgan fingerprint density at radius 3 is 2.59 bits per heavy atom. The molecule has 0 radical (unpaired) electrons. The Morgan fingerprint density at radius 2 is 1.76 bits per heavy atom. The van der Waals surface area contributed by atoms with Gasteiger partial charge in [-0.2, -0.15) is 0 Å². The summed E-state index contributed by atoms with van der Waals surface area (Å²) in [6, 6.07) is 20.1. The van der Waals surface area contributed by atoms with E-state index in [0.717, 1.165) is 48.2 Å². The van der Waals surface area contributed by atoms with E-state index < -0.39 is 0 Å². The fourth-order valence-electron chi connectivity index (χ4n) is 5.97. The van der Waals surface area contributed by atoms with Crippen LogP contribution in [-0.4, -0.2) is 45.4 Å². The molecule has 2 aromatic carbocycles. The van der Waals surface area contributed by atoms with Gasteiger partial charge in [0.1, 0.15) is 17.8 Å². The highest BCUT2D eigenvalue weighted by Gasteiger charge is 2.34. The molecule has 37 heavy (non-hydrogen) atoms. The third-order valence-electron chi connectivity index (χ3n) is 7.89. The number of nitrogens with one attached hydrogen (secondary N) is 1. The minimum Gasteiger partial charge on any atom is -0.356 e. The van der Waals surface area contributed by atoms with Gasteiger partial charge in [-0.1, -0.05) is 56.3 Å². The van der Waals surface area contributed by atoms with Crippen LogP contribution in [0.25, 0.3) is 10.9 Å². The molecule has 1 fully saturated rings. The van der Waals surface area contributed by atoms with Crippen molar-refractivity contribution in [3.8, 4) is 0 Å². The molecule has 2 aromatic heterocycles. The lowest BCUT2D eigenvalue weighted by Gasteiger charge is -2.39. The average molecular weight is 494 g/mol. The Bertz CT molecular complexity index is 1530. The van der Waals surface area contributed by atoms with Crippen LogP contribution in [0.4, 0.5) is 5.82 Å². The van der Waals surface area contributed by atoms with E-state index in [1.54, 1.807) is 0 Å². The number of hydrogen-bond acceptors (Lipinski definition) is 5. The number of aromatic nitrogens is 3. The van der Waals surface area contributed by atoms with Crippen LogP contribution < -0.4 is 10.5 Å². The van der Waals surface area contributed by atoms with Crippen molar-refractivity contribution in [1.82, 2.24) is 19.9 Å². The minimum absolute atomic E-state index is 0.00176. The van der Waals surface area contributed by atoms with Gasteiger partial charge in [-0.05, 0) is 47.4 Å². The molecule has 7 heteroatoms. The molecular weight excluding hydrogens is 462 g/mol. The van der Waals surface area contributed by atoms with E-state index in [1.807, 2.05) is 47.4 Å². The highest BCUT2D eigenvalue weighted by molar-refractivity contribution is 5.93. The van der Waals surface area contributed by atoms with Crippen molar-refractivity contribution >= 4 is 22.6 Å². The Morgan fingerprint density at radius 1 is 1.00 bits per heavy atom. The van der Waals surface area contributed by atoms with Gasteiger partial charge in [0.15, 0.2) is 0 Å². The lowest BCUT2D eigenvalue weighted by molar-refractivity contribution is 0.0680. The van der Waals surface area contributed by atoms with Gasteiger partial charge in [-0.25, -0.2) is 9.97 Å². The molecule has 2 aliphatic heterocycles. The fraction of sp³-hybridized carbons (Fsp3) is 0.333. The Hall–Kier alpha value is -4.00. The molecule has 0 atom stereocenters. The van der Waals surface area contributed by atoms with Gasteiger partial charge in [0.2, 0.25) is 0 Å². The number of amides is 1. The summed E-state index contributed by atoms with van der Waals surface area (Å²) in [5.74, 6) is 0.896. The van der Waals surface area contributed by atoms with Crippen LogP contribution in [0.15, 0.2) is 71.8 Å². The first-order chi connectivity index (χ1) is 17.9. The Balaban J connectivity index is 1.17. The summed E-state index contributed by atoms with van der Waals surface area (Å²) in [7, 11) is 0. The van der Waals surface area contributed by atoms with E-state index in [-0.39, 0.29) is 22.8 Å². The smallest absolute Gasteiger partial charge is 0.272 e. The third kappa shape index (κ3) is 4.39. The zero-order valence-corrected chi connectivity index (χ0v) is 21.3. The van der Waals surface area contributed by atoms with Gasteiger partial charge in [0.05, 0.1) is 0 Å². The second-order valence-electron chi connectivity index (χ2n) is 10.9. The van der Waals surface area contributed by atoms with Gasteiger partial charge in [-0.3, -0.25) is 9.59 Å². The molecule has 1 saturated heterocycles. The van der Waals surface area contributed by atoms with Gasteiger partial charge < -0.3 is 14.8 Å². The van der Waals surface area contributed by atoms with Crippen LogP contribution in [0, 0.1) is 0 Å². The number of anilines is 1. The number of hydrogen-bond donors (Lipinski definition) is 1. The first kappa shape index (κ1) is 23.4. The van der Waals surface area contributed by atoms with Gasteiger partial charge >= 0.3 is 0 Å². The van der Waals surface area contributed by atoms with E-state index in [0.29, 0.717) is 18.8 Å². The molecule has 6 rings (SSSR count). The largest absolute Gasteiger partial charge is 0.356 e. The molecule has 4 aromatic rings. The lowest BCUT2D eigenvalue weighted by atomic mass is 9.78. The summed E-state index contributed by atoms with van der Waals surface area (Å²) in [6.07, 6.45) is 3.20. The maximum absolute atomic E-state index is 13.5. The van der Waals surface area contributed by atoms with E-state index in [9.17, 15) is 9.59 Å². The van der Waals surface area contributed by atoms with Crippen LogP contribution >= 0.6 is 0 Å². The second-order valence-corrected chi connectivity index (χ2v) is 10.9. The summed E-state index contributed by atoms with van der Waals surface area (Å²) >= 11 is 0. The van der Waals surface area contributed by atoms with Crippen molar-refractivity contribution in [3.05, 3.63) is 99.7 Å². The maximum atomic E-state index is 13.5. The van der Waals surface area contributed by atoms with E-state index >= 15 is 0 Å². The monoisotopic (exact) mass is 493 g/mol. The quantitative estimate of drug-likeness (QED) is 0.450. The number of carbonyl (C=O) groups is 1. The molecule has 0 aliphatic carbocycles. The molecule has 0 bridgehead atoms. The number of piperidine rings is 1. The highest BCUT2D eigenvalue weighted by atomic mass is 16.2. The van der Waals surface area contributed by atoms with Crippen molar-refractivity contribution < 1.29 is 4.79 Å². The van der Waals surface area contributed by atoms with Crippen LogP contribution in [0.1, 0.15) is 59.8 Å². The SMILES string of the molecule is CC1(C)CN(C(=O)c2cc(N3CCC(c4cc5ccccc5[nH]c4=O)CC3)ncn2)Cc2ccccc21. The number of pyridine rings is 1. The number of H-pyrrole nitrogens is 1. The molecule has 7 nitrogen and oxygen atoms in total. The molecule has 0 unspecified atom stereocenters. The molecule has 1 amide bonds. The number of fused-ring (bicyclic) bond motifs is 2. The zero-order valence-electron chi connectivity index (χ0n) is 21.3. The predicted molar refractivity (Wildman–Crippen MR) is 145 cm³/mol. The number of benzene rings is 2. The summed E-state index contributed by atoms with van der Waals surface area (Å²) in [5, 5.41) is 1.06. The number of carbonyl (C=O) groups excluding carboxylic acids is 1. The normalized spacial score (nSPS) is 17.6. The maximum Gasteiger partial charge on any atom is 0.272 e. The summed E-state index contributed by atoms with van der Waals surface area (Å²) in [4.78, 5) is 42.2. The molecular formula is C30H31N5O2. The first-order valence-corrected chi connectivity index (χ1v) is 13.0. The van der Waals surface area contributed by atoms with Crippen LogP contribution in [0.3, 0.4) is 0 Å². The van der Waals surface area contributed by atoms with Gasteiger partial charge in [-0.15, -0.1) is 0 Å². The molecule has 188 valence electrons. The van der Waals surface area contributed by atoms with E-state index in [2.05, 4.69) is 51.9 Å². The summed E-state index contributed by atoms with van der Waals surface area (Å²) in [5.41, 5.74) is 4.51. The van der Waals surface area contributed by atoms with E-state index in [1.165, 1.54) is 17.5 Å².